The predicted octanol–water partition coefficient (Wildman–Crippen LogP) is 1.12. The van der Waals surface area contributed by atoms with Gasteiger partial charge in [0.2, 0.25) is 0 Å². The minimum absolute atomic E-state index is 0.0187. The number of halogens is 1. The number of nitrogens with two attached hydrogens (primary N) is 1. The van der Waals surface area contributed by atoms with E-state index in [0.717, 1.165) is 0 Å². The second-order valence-corrected chi connectivity index (χ2v) is 5.63. The van der Waals surface area contributed by atoms with Gasteiger partial charge >= 0.3 is 0 Å². The van der Waals surface area contributed by atoms with Gasteiger partial charge < -0.3 is 5.73 Å². The fraction of sp³-hybridized carbons (Fsp3) is 0.182. The Morgan fingerprint density at radius 3 is 2.74 bits per heavy atom. The largest absolute Gasteiger partial charge is 0.326 e. The van der Waals surface area contributed by atoms with Crippen molar-refractivity contribution in [2.24, 2.45) is 5.73 Å². The predicted molar refractivity (Wildman–Crippen MR) is 68.4 cm³/mol. The highest BCUT2D eigenvalue weighted by molar-refractivity contribution is 7.92. The number of aryl methyl sites for hydroxylation is 1. The second kappa shape index (κ2) is 4.98. The Morgan fingerprint density at radius 2 is 2.21 bits per heavy atom. The van der Waals surface area contributed by atoms with E-state index in [0.29, 0.717) is 11.3 Å². The minimum Gasteiger partial charge on any atom is -0.326 e. The van der Waals surface area contributed by atoms with Gasteiger partial charge in [-0.3, -0.25) is 9.82 Å². The molecule has 0 radical (unpaired) electrons. The lowest BCUT2D eigenvalue weighted by Crippen LogP contribution is -2.14. The summed E-state index contributed by atoms with van der Waals surface area (Å²) in [5.41, 5.74) is 6.21. The van der Waals surface area contributed by atoms with Crippen molar-refractivity contribution in [2.45, 2.75) is 18.4 Å². The molecule has 8 heteroatoms. The third-order valence-corrected chi connectivity index (χ3v) is 4.07. The molecule has 2 aromatic rings. The van der Waals surface area contributed by atoms with Crippen molar-refractivity contribution in [1.29, 1.82) is 0 Å². The Kier molecular flexibility index (Phi) is 3.54. The molecule has 1 aromatic heterocycles. The van der Waals surface area contributed by atoms with Crippen molar-refractivity contribution < 1.29 is 12.8 Å². The van der Waals surface area contributed by atoms with Crippen molar-refractivity contribution in [1.82, 2.24) is 10.2 Å². The first-order chi connectivity index (χ1) is 8.94. The summed E-state index contributed by atoms with van der Waals surface area (Å²) in [4.78, 5) is -0.0187. The summed E-state index contributed by atoms with van der Waals surface area (Å²) in [5.74, 6) is -0.673. The van der Waals surface area contributed by atoms with Crippen LogP contribution in [0, 0.1) is 12.7 Å². The number of hydrogen-bond acceptors (Lipinski definition) is 4. The van der Waals surface area contributed by atoms with Gasteiger partial charge in [0.1, 0.15) is 10.7 Å². The quantitative estimate of drug-likeness (QED) is 0.783. The molecule has 6 nitrogen and oxygen atoms in total. The lowest BCUT2D eigenvalue weighted by Gasteiger charge is -2.09. The maximum atomic E-state index is 13.7. The summed E-state index contributed by atoms with van der Waals surface area (Å²) < 4.78 is 39.9. The zero-order valence-corrected chi connectivity index (χ0v) is 11.0. The van der Waals surface area contributed by atoms with Crippen LogP contribution in [0.15, 0.2) is 29.3 Å². The lowest BCUT2D eigenvalue weighted by molar-refractivity contribution is 0.598. The second-order valence-electron chi connectivity index (χ2n) is 3.98. The maximum absolute atomic E-state index is 13.7. The van der Waals surface area contributed by atoms with E-state index in [1.54, 1.807) is 13.0 Å². The van der Waals surface area contributed by atoms with E-state index >= 15 is 0 Å². The number of hydrogen-bond donors (Lipinski definition) is 3. The molecule has 0 saturated carbocycles. The number of anilines is 1. The zero-order valence-electron chi connectivity index (χ0n) is 10.1. The molecular weight excluding hydrogens is 271 g/mol. The normalized spacial score (nSPS) is 11.5. The van der Waals surface area contributed by atoms with Gasteiger partial charge in [0, 0.05) is 6.54 Å². The summed E-state index contributed by atoms with van der Waals surface area (Å²) in [7, 11) is -3.86. The average Bonchev–Trinajstić information content (AvgIpc) is 2.79. The summed E-state index contributed by atoms with van der Waals surface area (Å²) in [6, 6.07) is 4.09. The third-order valence-electron chi connectivity index (χ3n) is 2.59. The fourth-order valence-corrected chi connectivity index (χ4v) is 2.78. The van der Waals surface area contributed by atoms with Gasteiger partial charge in [-0.2, -0.15) is 5.10 Å². The monoisotopic (exact) mass is 284 g/mol. The molecule has 2 rings (SSSR count). The van der Waals surface area contributed by atoms with Gasteiger partial charge in [0.15, 0.2) is 0 Å². The highest BCUT2D eigenvalue weighted by Gasteiger charge is 2.20. The number of benzene rings is 1. The van der Waals surface area contributed by atoms with E-state index in [-0.39, 0.29) is 17.1 Å². The fourth-order valence-electron chi connectivity index (χ4n) is 1.58. The number of rotatable bonds is 4. The summed E-state index contributed by atoms with van der Waals surface area (Å²) in [6.07, 6.45) is 1.17. The number of sulfonamides is 1. The van der Waals surface area contributed by atoms with Crippen LogP contribution in [0.2, 0.25) is 0 Å². The van der Waals surface area contributed by atoms with Crippen LogP contribution >= 0.6 is 0 Å². The molecule has 1 aromatic carbocycles. The molecule has 19 heavy (non-hydrogen) atoms. The van der Waals surface area contributed by atoms with Gasteiger partial charge in [-0.15, -0.1) is 0 Å². The van der Waals surface area contributed by atoms with Crippen molar-refractivity contribution in [3.8, 4) is 0 Å². The first-order valence-electron chi connectivity index (χ1n) is 5.45. The van der Waals surface area contributed by atoms with Crippen LogP contribution in [0.1, 0.15) is 11.3 Å². The minimum atomic E-state index is -3.86. The summed E-state index contributed by atoms with van der Waals surface area (Å²) in [5, 5.41) is 6.14. The molecule has 0 saturated heterocycles. The van der Waals surface area contributed by atoms with Gasteiger partial charge in [0.25, 0.3) is 10.0 Å². The SMILES string of the molecule is Cc1[nH]ncc1S(=O)(=O)Nc1ccc(CN)cc1F. The Balaban J connectivity index is 2.34. The van der Waals surface area contributed by atoms with Gasteiger partial charge in [-0.1, -0.05) is 6.07 Å². The van der Waals surface area contributed by atoms with Gasteiger partial charge in [0.05, 0.1) is 17.6 Å². The smallest absolute Gasteiger partial charge is 0.265 e. The van der Waals surface area contributed by atoms with E-state index in [4.69, 9.17) is 5.73 Å². The Bertz CT molecular complexity index is 696. The Labute approximate surface area is 109 Å². The standard InChI is InChI=1S/C11H13FN4O2S/c1-7-11(6-14-15-7)19(17,18)16-10-3-2-8(5-13)4-9(10)12/h2-4,6,16H,5,13H2,1H3,(H,14,15). The van der Waals surface area contributed by atoms with Gasteiger partial charge in [-0.25, -0.2) is 12.8 Å². The van der Waals surface area contributed by atoms with Crippen molar-refractivity contribution in [3.05, 3.63) is 41.5 Å². The summed E-state index contributed by atoms with van der Waals surface area (Å²) >= 11 is 0. The lowest BCUT2D eigenvalue weighted by atomic mass is 10.2. The molecule has 0 fully saturated rings. The molecular formula is C11H13FN4O2S. The van der Waals surface area contributed by atoms with Crippen LogP contribution < -0.4 is 10.5 Å². The number of aromatic amines is 1. The molecule has 102 valence electrons. The molecule has 0 aliphatic carbocycles. The zero-order chi connectivity index (χ0) is 14.0. The van der Waals surface area contributed by atoms with Crippen molar-refractivity contribution in [2.75, 3.05) is 4.72 Å². The van der Waals surface area contributed by atoms with E-state index in [2.05, 4.69) is 14.9 Å². The van der Waals surface area contributed by atoms with E-state index in [1.807, 2.05) is 0 Å². The molecule has 0 bridgehead atoms. The van der Waals surface area contributed by atoms with Crippen molar-refractivity contribution in [3.63, 3.8) is 0 Å². The summed E-state index contributed by atoms with van der Waals surface area (Å²) in [6.45, 7) is 1.75. The van der Waals surface area contributed by atoms with Crippen LogP contribution in [0.4, 0.5) is 10.1 Å². The highest BCUT2D eigenvalue weighted by Crippen LogP contribution is 2.21. The maximum Gasteiger partial charge on any atom is 0.265 e. The molecule has 1 heterocycles. The van der Waals surface area contributed by atoms with E-state index in [1.165, 1.54) is 18.3 Å². The number of H-pyrrole nitrogens is 1. The number of nitrogens with zero attached hydrogens (tertiary/aromatic N) is 1. The number of nitrogens with one attached hydrogen (secondary N) is 2. The number of aromatic nitrogens is 2. The molecule has 0 aliphatic rings. The van der Waals surface area contributed by atoms with Crippen LogP contribution in [0.5, 0.6) is 0 Å². The van der Waals surface area contributed by atoms with Crippen LogP contribution in [0.25, 0.3) is 0 Å². The van der Waals surface area contributed by atoms with Crippen LogP contribution in [-0.2, 0) is 16.6 Å². The molecule has 0 atom stereocenters. The first-order valence-corrected chi connectivity index (χ1v) is 6.93. The van der Waals surface area contributed by atoms with E-state index < -0.39 is 15.8 Å². The first kappa shape index (κ1) is 13.5. The van der Waals surface area contributed by atoms with Crippen molar-refractivity contribution >= 4 is 15.7 Å². The molecule has 0 unspecified atom stereocenters. The Morgan fingerprint density at radius 1 is 1.47 bits per heavy atom. The highest BCUT2D eigenvalue weighted by atomic mass is 32.2. The molecule has 4 N–H and O–H groups in total. The van der Waals surface area contributed by atoms with Gasteiger partial charge in [-0.05, 0) is 24.6 Å². The topological polar surface area (TPSA) is 101 Å². The molecule has 0 aliphatic heterocycles. The molecule has 0 spiro atoms. The molecule has 0 amide bonds. The average molecular weight is 284 g/mol. The Hall–Kier alpha value is -1.93. The third kappa shape index (κ3) is 2.74. The van der Waals surface area contributed by atoms with Crippen LogP contribution in [0.3, 0.4) is 0 Å². The van der Waals surface area contributed by atoms with Crippen LogP contribution in [-0.4, -0.2) is 18.6 Å². The van der Waals surface area contributed by atoms with E-state index in [9.17, 15) is 12.8 Å².